The summed E-state index contributed by atoms with van der Waals surface area (Å²) in [5.74, 6) is 2.01. The van der Waals surface area contributed by atoms with Gasteiger partial charge in [0.05, 0.1) is 24.3 Å². The summed E-state index contributed by atoms with van der Waals surface area (Å²) in [4.78, 5) is 50.4. The van der Waals surface area contributed by atoms with E-state index in [0.717, 1.165) is 71.1 Å². The molecular formula is C55H74ClN13O8S2. The number of piperidine rings is 2. The molecular weight excluding hydrogens is 1070 g/mol. The Morgan fingerprint density at radius 1 is 0.620 bits per heavy atom. The molecule has 0 aliphatic carbocycles. The van der Waals surface area contributed by atoms with Gasteiger partial charge < -0.3 is 24.2 Å². The molecule has 1 atom stereocenters. The smallest absolute Gasteiger partial charge is 0.281 e. The topological polar surface area (TPSA) is 242 Å². The van der Waals surface area contributed by atoms with Gasteiger partial charge in [0, 0.05) is 64.2 Å². The highest BCUT2D eigenvalue weighted by atomic mass is 35.5. The van der Waals surface area contributed by atoms with Crippen LogP contribution in [0.5, 0.6) is 11.8 Å². The van der Waals surface area contributed by atoms with Crippen LogP contribution < -0.4 is 33.6 Å². The number of hydrogen-bond donors (Lipinski definition) is 2. The Bertz CT molecular complexity index is 3370. The predicted octanol–water partition coefficient (Wildman–Crippen LogP) is 8.92. The van der Waals surface area contributed by atoms with Crippen LogP contribution in [-0.2, 0) is 20.0 Å². The molecule has 2 amide bonds. The molecule has 0 unspecified atom stereocenters. The maximum atomic E-state index is 13.7. The molecule has 0 aromatic carbocycles. The summed E-state index contributed by atoms with van der Waals surface area (Å²) in [6, 6.07) is 19.2. The minimum Gasteiger partial charge on any atom is -0.476 e. The van der Waals surface area contributed by atoms with Gasteiger partial charge in [-0.25, -0.2) is 38.7 Å². The predicted molar refractivity (Wildman–Crippen MR) is 305 cm³/mol. The molecule has 426 valence electrons. The molecule has 3 saturated heterocycles. The van der Waals surface area contributed by atoms with Gasteiger partial charge in [0.25, 0.3) is 31.9 Å². The van der Waals surface area contributed by atoms with E-state index in [-0.39, 0.29) is 44.1 Å². The van der Waals surface area contributed by atoms with Gasteiger partial charge in [-0.05, 0) is 124 Å². The standard InChI is InChI=1S/C31H43N7O4S.C24H29ClN6O4S.H2/c1-22-19-31(5,6)37(20-22)28-23(13-14-25(33-28)38-18-15-26(34-38)42-21-30(2,3)4)29(39)35-43(40,41)27-12-10-11-24(32-27)36-16-8-7-9-17-36;1-24(2,3)16-35-20-12-15-31(28-20)19-11-10-17(22(25)27-19)23(32)29-36(33,34)21-9-7-8-18(26-21)30-13-5-4-6-14-30;/h10-15,18,22H,7-9,16-17,19-21H2,1-6H3,(H,35,39);7-12,15H,4-6,13-14,16H2,1-3H3,(H,29,32);1H/t22-;;/m0../s1. The normalized spacial score (nSPS) is 16.9. The second kappa shape index (κ2) is 23.9. The fraction of sp³-hybridized carbons (Fsp3) is 0.491. The van der Waals surface area contributed by atoms with Crippen molar-refractivity contribution in [3.63, 3.8) is 0 Å². The highest BCUT2D eigenvalue weighted by Crippen LogP contribution is 2.38. The third-order valence-electron chi connectivity index (χ3n) is 13.2. The number of carbonyl (C=O) groups excluding carboxylic acids is 2. The van der Waals surface area contributed by atoms with Crippen molar-refractivity contribution in [3.05, 3.63) is 101 Å². The first-order valence-electron chi connectivity index (χ1n) is 26.6. The lowest BCUT2D eigenvalue weighted by atomic mass is 9.97. The highest BCUT2D eigenvalue weighted by Gasteiger charge is 2.40. The second-order valence-electron chi connectivity index (χ2n) is 23.3. The van der Waals surface area contributed by atoms with Crippen molar-refractivity contribution < 1.29 is 37.3 Å². The Kier molecular flexibility index (Phi) is 17.6. The molecule has 6 aromatic rings. The summed E-state index contributed by atoms with van der Waals surface area (Å²) in [6.07, 6.45) is 10.7. The van der Waals surface area contributed by atoms with Crippen molar-refractivity contribution in [2.45, 2.75) is 123 Å². The van der Waals surface area contributed by atoms with Crippen LogP contribution in [0.1, 0.15) is 129 Å². The van der Waals surface area contributed by atoms with E-state index in [1.54, 1.807) is 65.6 Å². The average molecular weight is 1140 g/mol. The molecule has 0 saturated carbocycles. The maximum Gasteiger partial charge on any atom is 0.281 e. The summed E-state index contributed by atoms with van der Waals surface area (Å²) >= 11 is 6.24. The monoisotopic (exact) mass is 1140 g/mol. The van der Waals surface area contributed by atoms with Crippen molar-refractivity contribution >= 4 is 60.9 Å². The van der Waals surface area contributed by atoms with Gasteiger partial charge >= 0.3 is 0 Å². The molecule has 0 spiro atoms. The SMILES string of the molecule is CC(C)(C)COc1ccn(-c2ccc(C(=O)NS(=O)(=O)c3cccc(N4CCCCC4)n3)c(Cl)n2)n1.C[C@@H]1CN(c2nc(-n3ccc(OCC(C)(C)C)n3)ccc2C(=O)NS(=O)(=O)c2cccc(N3CCCCC3)n2)C(C)(C)C1.[HH]. The van der Waals surface area contributed by atoms with Gasteiger partial charge in [0.2, 0.25) is 11.8 Å². The minimum atomic E-state index is -4.24. The van der Waals surface area contributed by atoms with Crippen LogP contribution in [-0.4, -0.2) is 120 Å². The van der Waals surface area contributed by atoms with E-state index in [4.69, 9.17) is 26.1 Å². The number of pyridine rings is 4. The molecule has 2 N–H and O–H groups in total. The summed E-state index contributed by atoms with van der Waals surface area (Å²) in [7, 11) is -8.46. The van der Waals surface area contributed by atoms with Gasteiger partial charge in [-0.15, -0.1) is 10.2 Å². The summed E-state index contributed by atoms with van der Waals surface area (Å²) in [6.45, 7) is 23.7. The van der Waals surface area contributed by atoms with Crippen LogP contribution in [0.3, 0.4) is 0 Å². The number of amides is 2. The summed E-state index contributed by atoms with van der Waals surface area (Å²) < 4.78 is 71.5. The maximum absolute atomic E-state index is 13.7. The van der Waals surface area contributed by atoms with E-state index in [2.05, 4.69) is 102 Å². The Balaban J connectivity index is 0.000000232. The lowest BCUT2D eigenvalue weighted by Crippen LogP contribution is -2.41. The van der Waals surface area contributed by atoms with E-state index in [1.807, 2.05) is 9.62 Å². The first kappa shape index (κ1) is 58.3. The molecule has 3 aliphatic rings. The fourth-order valence-corrected chi connectivity index (χ4v) is 11.5. The van der Waals surface area contributed by atoms with Gasteiger partial charge in [-0.2, -0.15) is 16.8 Å². The van der Waals surface area contributed by atoms with Crippen LogP contribution in [0.25, 0.3) is 11.6 Å². The molecule has 24 heteroatoms. The number of ether oxygens (including phenoxy) is 2. The van der Waals surface area contributed by atoms with E-state index in [1.165, 1.54) is 28.9 Å². The molecule has 9 rings (SSSR count). The lowest BCUT2D eigenvalue weighted by molar-refractivity contribution is 0.0972. The van der Waals surface area contributed by atoms with Gasteiger partial charge in [-0.1, -0.05) is 72.2 Å². The van der Waals surface area contributed by atoms with Crippen LogP contribution >= 0.6 is 11.6 Å². The third-order valence-corrected chi connectivity index (χ3v) is 16.0. The van der Waals surface area contributed by atoms with Crippen molar-refractivity contribution in [3.8, 4) is 23.4 Å². The molecule has 9 heterocycles. The number of halogens is 1. The number of sulfonamides is 2. The molecule has 6 aromatic heterocycles. The molecule has 79 heavy (non-hydrogen) atoms. The van der Waals surface area contributed by atoms with Crippen LogP contribution in [0.2, 0.25) is 5.15 Å². The van der Waals surface area contributed by atoms with Gasteiger partial charge in [-0.3, -0.25) is 9.59 Å². The van der Waals surface area contributed by atoms with E-state index in [9.17, 15) is 26.4 Å². The summed E-state index contributed by atoms with van der Waals surface area (Å²) in [5, 5.41) is 8.25. The zero-order valence-corrected chi connectivity index (χ0v) is 48.8. The molecule has 21 nitrogen and oxygen atoms in total. The second-order valence-corrected chi connectivity index (χ2v) is 26.9. The lowest BCUT2D eigenvalue weighted by Gasteiger charge is -2.34. The van der Waals surface area contributed by atoms with Gasteiger partial charge in [0.15, 0.2) is 21.7 Å². The number of nitrogens with one attached hydrogen (secondary N) is 2. The van der Waals surface area contributed by atoms with Crippen molar-refractivity contribution in [1.82, 2.24) is 48.9 Å². The zero-order valence-electron chi connectivity index (χ0n) is 46.4. The largest absolute Gasteiger partial charge is 0.476 e. The van der Waals surface area contributed by atoms with Crippen molar-refractivity contribution in [2.24, 2.45) is 16.7 Å². The van der Waals surface area contributed by atoms with Crippen LogP contribution in [0.4, 0.5) is 17.5 Å². The quantitative estimate of drug-likeness (QED) is 0.0912. The first-order valence-corrected chi connectivity index (χ1v) is 30.0. The number of carbonyl (C=O) groups is 2. The fourth-order valence-electron chi connectivity index (χ4n) is 9.40. The van der Waals surface area contributed by atoms with Crippen LogP contribution in [0, 0.1) is 16.7 Å². The Labute approximate surface area is 470 Å². The molecule has 0 bridgehead atoms. The Morgan fingerprint density at radius 2 is 1.06 bits per heavy atom. The van der Waals surface area contributed by atoms with Crippen molar-refractivity contribution in [1.29, 1.82) is 0 Å². The van der Waals surface area contributed by atoms with Gasteiger partial charge in [0.1, 0.15) is 22.6 Å². The first-order chi connectivity index (χ1) is 37.2. The number of rotatable bonds is 15. The summed E-state index contributed by atoms with van der Waals surface area (Å²) in [5.41, 5.74) is -0.266. The highest BCUT2D eigenvalue weighted by molar-refractivity contribution is 7.90. The number of hydrogen-bond acceptors (Lipinski definition) is 17. The van der Waals surface area contributed by atoms with Crippen molar-refractivity contribution in [2.75, 3.05) is 60.6 Å². The Morgan fingerprint density at radius 3 is 1.49 bits per heavy atom. The molecule has 3 fully saturated rings. The van der Waals surface area contributed by atoms with E-state index >= 15 is 0 Å². The Hall–Kier alpha value is -6.85. The number of nitrogens with zero attached hydrogens (tertiary/aromatic N) is 11. The molecule has 3 aliphatic heterocycles. The zero-order chi connectivity index (χ0) is 56.9. The third kappa shape index (κ3) is 15.1. The average Bonchev–Trinajstić information content (AvgIpc) is 4.27. The number of aromatic nitrogens is 8. The van der Waals surface area contributed by atoms with E-state index < -0.39 is 31.9 Å². The minimum absolute atomic E-state index is 0. The number of anilines is 3. The van der Waals surface area contributed by atoms with E-state index in [0.29, 0.717) is 66.5 Å². The molecule has 0 radical (unpaired) electrons. The van der Waals surface area contributed by atoms with Crippen LogP contribution in [0.15, 0.2) is 95.2 Å².